The Balaban J connectivity index is 2.34. The summed E-state index contributed by atoms with van der Waals surface area (Å²) in [4.78, 5) is 35.9. The lowest BCUT2D eigenvalue weighted by Crippen LogP contribution is -2.64. The smallest absolute Gasteiger partial charge is 0.462 e. The van der Waals surface area contributed by atoms with Crippen molar-refractivity contribution in [1.82, 2.24) is 0 Å². The number of phosphoric acid groups is 1. The molecule has 67 heavy (non-hydrogen) atoms. The largest absolute Gasteiger partial charge is 0.472 e. The summed E-state index contributed by atoms with van der Waals surface area (Å²) in [5, 5.41) is 50.3. The molecule has 0 aromatic heterocycles. The third-order valence-corrected chi connectivity index (χ3v) is 14.4. The van der Waals surface area contributed by atoms with Gasteiger partial charge >= 0.3 is 19.8 Å². The third kappa shape index (κ3) is 35.6. The van der Waals surface area contributed by atoms with Crippen LogP contribution in [0.5, 0.6) is 0 Å². The predicted molar refractivity (Wildman–Crippen MR) is 268 cm³/mol. The van der Waals surface area contributed by atoms with Crippen LogP contribution in [0.15, 0.2) is 0 Å². The van der Waals surface area contributed by atoms with Crippen LogP contribution in [0.2, 0.25) is 0 Å². The van der Waals surface area contributed by atoms with E-state index >= 15 is 0 Å². The minimum atomic E-state index is -5.12. The maximum Gasteiger partial charge on any atom is 0.472 e. The summed E-state index contributed by atoms with van der Waals surface area (Å²) in [6.45, 7) is 3.37. The molecule has 398 valence electrons. The van der Waals surface area contributed by atoms with E-state index in [0.717, 1.165) is 38.5 Å². The second kappa shape index (κ2) is 43.6. The Labute approximate surface area is 408 Å². The van der Waals surface area contributed by atoms with Crippen molar-refractivity contribution in [1.29, 1.82) is 0 Å². The van der Waals surface area contributed by atoms with Crippen LogP contribution in [0, 0.1) is 0 Å². The fourth-order valence-electron chi connectivity index (χ4n) is 9.00. The van der Waals surface area contributed by atoms with Crippen LogP contribution in [0.1, 0.15) is 271 Å². The quantitative estimate of drug-likeness (QED) is 0.0191. The second-order valence-electron chi connectivity index (χ2n) is 19.8. The average molecular weight is 979 g/mol. The highest BCUT2D eigenvalue weighted by Crippen LogP contribution is 2.47. The molecule has 1 aliphatic rings. The summed E-state index contributed by atoms with van der Waals surface area (Å²) >= 11 is 0. The van der Waals surface area contributed by atoms with Gasteiger partial charge in [-0.1, -0.05) is 245 Å². The zero-order valence-corrected chi connectivity index (χ0v) is 43.6. The molecule has 0 radical (unpaired) electrons. The van der Waals surface area contributed by atoms with Gasteiger partial charge in [0.1, 0.15) is 43.2 Å². The highest BCUT2D eigenvalue weighted by atomic mass is 31.2. The molecular formula is C53H103O13P. The van der Waals surface area contributed by atoms with Crippen LogP contribution < -0.4 is 0 Å². The summed E-state index contributed by atoms with van der Waals surface area (Å²) in [6, 6.07) is 0. The van der Waals surface area contributed by atoms with Crippen molar-refractivity contribution in [3.05, 3.63) is 0 Å². The monoisotopic (exact) mass is 979 g/mol. The molecule has 1 saturated carbocycles. The van der Waals surface area contributed by atoms with Crippen LogP contribution in [-0.2, 0) is 32.7 Å². The first-order valence-corrected chi connectivity index (χ1v) is 29.3. The Morgan fingerprint density at radius 3 is 0.985 bits per heavy atom. The summed E-state index contributed by atoms with van der Waals surface area (Å²) in [5.41, 5.74) is 0. The van der Waals surface area contributed by atoms with Crippen molar-refractivity contribution in [2.75, 3.05) is 13.2 Å². The van der Waals surface area contributed by atoms with Gasteiger partial charge in [-0.2, -0.15) is 0 Å². The van der Waals surface area contributed by atoms with Crippen LogP contribution in [0.4, 0.5) is 0 Å². The molecule has 0 aliphatic heterocycles. The molecule has 0 aromatic rings. The molecule has 1 aliphatic carbocycles. The average Bonchev–Trinajstić information content (AvgIpc) is 3.31. The van der Waals surface area contributed by atoms with E-state index in [-0.39, 0.29) is 12.8 Å². The van der Waals surface area contributed by atoms with Gasteiger partial charge in [-0.15, -0.1) is 0 Å². The maximum absolute atomic E-state index is 12.9. The SMILES string of the molecule is CCCCCCCCCCCCCCCCCCCCCCC(=O)OC(COC(=O)CCCCCCCCCCCCCCCCCCCC)COP(=O)(O)OC1C(O)C(O)C(O)C(O)C1O. The lowest BCUT2D eigenvalue weighted by Gasteiger charge is -2.41. The molecule has 6 N–H and O–H groups in total. The third-order valence-electron chi connectivity index (χ3n) is 13.4. The number of aliphatic hydroxyl groups is 5. The van der Waals surface area contributed by atoms with Crippen molar-refractivity contribution in [3.63, 3.8) is 0 Å². The molecule has 1 rings (SSSR count). The summed E-state index contributed by atoms with van der Waals surface area (Å²) in [7, 11) is -5.12. The normalized spacial score (nSPS) is 21.0. The summed E-state index contributed by atoms with van der Waals surface area (Å²) < 4.78 is 33.7. The van der Waals surface area contributed by atoms with Crippen molar-refractivity contribution in [3.8, 4) is 0 Å². The van der Waals surface area contributed by atoms with Crippen molar-refractivity contribution in [2.24, 2.45) is 0 Å². The lowest BCUT2D eigenvalue weighted by atomic mass is 9.85. The fraction of sp³-hybridized carbons (Fsp3) is 0.962. The van der Waals surface area contributed by atoms with Crippen LogP contribution in [0.25, 0.3) is 0 Å². The molecule has 0 heterocycles. The number of unbranched alkanes of at least 4 members (excludes halogenated alkanes) is 36. The van der Waals surface area contributed by atoms with E-state index in [1.54, 1.807) is 0 Å². The molecular weight excluding hydrogens is 876 g/mol. The Bertz CT molecular complexity index is 1180. The van der Waals surface area contributed by atoms with E-state index in [1.165, 1.54) is 193 Å². The van der Waals surface area contributed by atoms with Gasteiger partial charge in [0, 0.05) is 12.8 Å². The summed E-state index contributed by atoms with van der Waals surface area (Å²) in [6.07, 6.45) is 34.3. The van der Waals surface area contributed by atoms with E-state index in [2.05, 4.69) is 13.8 Å². The van der Waals surface area contributed by atoms with Crippen LogP contribution in [0.3, 0.4) is 0 Å². The van der Waals surface area contributed by atoms with E-state index in [0.29, 0.717) is 12.8 Å². The van der Waals surface area contributed by atoms with Gasteiger partial charge in [-0.25, -0.2) is 4.57 Å². The number of carbonyl (C=O) groups excluding carboxylic acids is 2. The predicted octanol–water partition coefficient (Wildman–Crippen LogP) is 12.4. The number of esters is 2. The molecule has 0 spiro atoms. The number of hydrogen-bond acceptors (Lipinski definition) is 12. The van der Waals surface area contributed by atoms with E-state index < -0.39 is 75.7 Å². The Morgan fingerprint density at radius 2 is 0.672 bits per heavy atom. The molecule has 0 amide bonds. The molecule has 6 unspecified atom stereocenters. The van der Waals surface area contributed by atoms with E-state index in [9.17, 15) is 44.6 Å². The lowest BCUT2D eigenvalue weighted by molar-refractivity contribution is -0.220. The molecule has 1 fully saturated rings. The minimum absolute atomic E-state index is 0.106. The Kier molecular flexibility index (Phi) is 41.6. The molecule has 13 nitrogen and oxygen atoms in total. The second-order valence-corrected chi connectivity index (χ2v) is 21.2. The van der Waals surface area contributed by atoms with Crippen molar-refractivity contribution >= 4 is 19.8 Å². The molecule has 0 bridgehead atoms. The van der Waals surface area contributed by atoms with Gasteiger partial charge in [0.15, 0.2) is 6.10 Å². The van der Waals surface area contributed by atoms with Gasteiger partial charge < -0.3 is 39.9 Å². The standard InChI is InChI=1S/C53H103O13P/c1-3-5-7-9-11-13-15-17-19-21-23-24-26-28-30-32-34-36-38-40-42-47(55)65-45(44-64-67(61,62)66-53-51(59)49(57)48(56)50(58)52(53)60)43-63-46(54)41-39-37-35-33-31-29-27-25-22-20-18-16-14-12-10-8-6-4-2/h45,48-53,56-60H,3-44H2,1-2H3,(H,61,62). The Hall–Kier alpha value is -1.15. The number of aliphatic hydroxyl groups excluding tert-OH is 5. The number of rotatable bonds is 48. The van der Waals surface area contributed by atoms with Crippen LogP contribution >= 0.6 is 7.82 Å². The molecule has 0 saturated heterocycles. The molecule has 14 heteroatoms. The highest BCUT2D eigenvalue weighted by molar-refractivity contribution is 7.47. The first-order chi connectivity index (χ1) is 32.4. The molecule has 0 aromatic carbocycles. The number of phosphoric ester groups is 1. The van der Waals surface area contributed by atoms with Gasteiger partial charge in [-0.05, 0) is 12.8 Å². The first kappa shape index (κ1) is 63.9. The Morgan fingerprint density at radius 1 is 0.403 bits per heavy atom. The van der Waals surface area contributed by atoms with Crippen LogP contribution in [-0.4, -0.2) is 98.3 Å². The van der Waals surface area contributed by atoms with Crippen molar-refractivity contribution < 1.29 is 63.1 Å². The highest BCUT2D eigenvalue weighted by Gasteiger charge is 2.51. The van der Waals surface area contributed by atoms with Crippen molar-refractivity contribution in [2.45, 2.75) is 313 Å². The number of hydrogen-bond donors (Lipinski definition) is 6. The topological polar surface area (TPSA) is 210 Å². The minimum Gasteiger partial charge on any atom is -0.462 e. The zero-order chi connectivity index (χ0) is 49.2. The van der Waals surface area contributed by atoms with E-state index in [1.807, 2.05) is 0 Å². The van der Waals surface area contributed by atoms with Gasteiger partial charge in [0.05, 0.1) is 6.61 Å². The van der Waals surface area contributed by atoms with Gasteiger partial charge in [-0.3, -0.25) is 18.6 Å². The number of ether oxygens (including phenoxy) is 2. The molecule has 6 atom stereocenters. The zero-order valence-electron chi connectivity index (χ0n) is 42.7. The van der Waals surface area contributed by atoms with Gasteiger partial charge in [0.2, 0.25) is 0 Å². The van der Waals surface area contributed by atoms with Gasteiger partial charge in [0.25, 0.3) is 0 Å². The van der Waals surface area contributed by atoms with E-state index in [4.69, 9.17) is 18.5 Å². The number of carbonyl (C=O) groups is 2. The summed E-state index contributed by atoms with van der Waals surface area (Å²) in [5.74, 6) is -1.08. The first-order valence-electron chi connectivity index (χ1n) is 27.8. The fourth-order valence-corrected chi connectivity index (χ4v) is 9.97. The maximum atomic E-state index is 12.9.